The number of para-hydroxylation sites is 1. The maximum atomic E-state index is 13.7. The second kappa shape index (κ2) is 14.3. The van der Waals surface area contributed by atoms with Crippen LogP contribution in [0.5, 0.6) is 5.75 Å². The molecule has 12 nitrogen and oxygen atoms in total. The van der Waals surface area contributed by atoms with Gasteiger partial charge in [-0.1, -0.05) is 31.8 Å². The van der Waals surface area contributed by atoms with Crippen LogP contribution in [-0.2, 0) is 30.4 Å². The molecule has 13 heteroatoms. The Bertz CT molecular complexity index is 1570. The number of hydrogen-bond acceptors (Lipinski definition) is 10. The van der Waals surface area contributed by atoms with Gasteiger partial charge in [0.2, 0.25) is 0 Å². The number of methoxy groups -OCH3 is 2. The van der Waals surface area contributed by atoms with Crippen LogP contribution in [-0.4, -0.2) is 98.3 Å². The molecule has 2 aliphatic rings. The van der Waals surface area contributed by atoms with Gasteiger partial charge in [-0.05, 0) is 57.9 Å². The monoisotopic (exact) mass is 668 g/mol. The number of piperidine rings is 1. The maximum absolute atomic E-state index is 13.7. The first kappa shape index (κ1) is 34.8. The number of nitrogens with zero attached hydrogens (tertiary/aromatic N) is 4. The molecular weight excluding hydrogens is 620 g/mol. The van der Waals surface area contributed by atoms with E-state index in [1.807, 2.05) is 60.6 Å². The predicted molar refractivity (Wildman–Crippen MR) is 179 cm³/mol. The van der Waals surface area contributed by atoms with Crippen LogP contribution in [0.1, 0.15) is 55.6 Å². The van der Waals surface area contributed by atoms with Gasteiger partial charge in [0, 0.05) is 44.4 Å². The summed E-state index contributed by atoms with van der Waals surface area (Å²) in [6, 6.07) is 9.91. The zero-order chi connectivity index (χ0) is 33.9. The molecule has 1 amide bonds. The summed E-state index contributed by atoms with van der Waals surface area (Å²) in [6.07, 6.45) is 0.792. The van der Waals surface area contributed by atoms with Crippen LogP contribution in [0.3, 0.4) is 0 Å². The summed E-state index contributed by atoms with van der Waals surface area (Å²) in [5.74, 6) is 0.00115. The lowest BCUT2D eigenvalue weighted by molar-refractivity contribution is -0.0832. The van der Waals surface area contributed by atoms with Crippen molar-refractivity contribution in [2.24, 2.45) is 0 Å². The van der Waals surface area contributed by atoms with Gasteiger partial charge in [-0.2, -0.15) is 0 Å². The molecule has 0 spiro atoms. The Morgan fingerprint density at radius 3 is 2.38 bits per heavy atom. The second-order valence-corrected chi connectivity index (χ2v) is 20.1. The number of hydrogen-bond donors (Lipinski definition) is 0. The van der Waals surface area contributed by atoms with E-state index in [0.717, 1.165) is 11.7 Å². The normalized spacial score (nSPS) is 19.9. The molecule has 1 aromatic carbocycles. The number of rotatable bonds is 11. The second-order valence-electron chi connectivity index (χ2n) is 14.4. The smallest absolute Gasteiger partial charge is 0.410 e. The Hall–Kier alpha value is -3.52. The fourth-order valence-corrected chi connectivity index (χ4v) is 7.13. The number of fused-ring (bicyclic) bond motifs is 3. The summed E-state index contributed by atoms with van der Waals surface area (Å²) < 4.78 is 36.3. The molecule has 2 aromatic heterocycles. The zero-order valence-corrected chi connectivity index (χ0v) is 29.8. The molecule has 2 fully saturated rings. The Morgan fingerprint density at radius 2 is 1.74 bits per heavy atom. The summed E-state index contributed by atoms with van der Waals surface area (Å²) in [7, 11) is 1.60. The first-order valence-electron chi connectivity index (χ1n) is 16.2. The van der Waals surface area contributed by atoms with Crippen molar-refractivity contribution in [3.05, 3.63) is 41.6 Å². The van der Waals surface area contributed by atoms with Crippen LogP contribution in [0, 0.1) is 0 Å². The van der Waals surface area contributed by atoms with Crippen molar-refractivity contribution in [3.63, 3.8) is 0 Å². The molecule has 2 aliphatic heterocycles. The van der Waals surface area contributed by atoms with Crippen molar-refractivity contribution in [1.29, 1.82) is 0 Å². The zero-order valence-electron chi connectivity index (χ0n) is 28.8. The predicted octanol–water partition coefficient (Wildman–Crippen LogP) is 6.06. The van der Waals surface area contributed by atoms with Crippen LogP contribution in [0.2, 0.25) is 25.7 Å². The van der Waals surface area contributed by atoms with Crippen LogP contribution < -0.4 is 4.74 Å². The molecule has 0 saturated carbocycles. The first-order valence-corrected chi connectivity index (χ1v) is 19.9. The van der Waals surface area contributed by atoms with Crippen molar-refractivity contribution in [2.75, 3.05) is 40.8 Å². The topological polar surface area (TPSA) is 123 Å². The number of benzene rings is 1. The van der Waals surface area contributed by atoms with E-state index in [-0.39, 0.29) is 37.6 Å². The lowest BCUT2D eigenvalue weighted by atomic mass is 9.81. The van der Waals surface area contributed by atoms with E-state index in [1.165, 1.54) is 7.11 Å². The van der Waals surface area contributed by atoms with E-state index in [4.69, 9.17) is 33.5 Å². The summed E-state index contributed by atoms with van der Waals surface area (Å²) in [5.41, 5.74) is 2.37. The third-order valence-electron chi connectivity index (χ3n) is 8.46. The highest BCUT2D eigenvalue weighted by atomic mass is 28.3. The van der Waals surface area contributed by atoms with Crippen molar-refractivity contribution in [3.8, 4) is 17.0 Å². The summed E-state index contributed by atoms with van der Waals surface area (Å²) >= 11 is 0. The molecule has 0 radical (unpaired) electrons. The Balaban J connectivity index is 1.60. The van der Waals surface area contributed by atoms with Gasteiger partial charge >= 0.3 is 12.1 Å². The van der Waals surface area contributed by atoms with Gasteiger partial charge in [-0.3, -0.25) is 4.90 Å². The van der Waals surface area contributed by atoms with Crippen molar-refractivity contribution >= 4 is 31.2 Å². The van der Waals surface area contributed by atoms with Gasteiger partial charge in [0.05, 0.1) is 43.7 Å². The minimum Gasteiger partial charge on any atom is -0.467 e. The highest BCUT2D eigenvalue weighted by molar-refractivity contribution is 6.76. The molecule has 2 bridgehead atoms. The van der Waals surface area contributed by atoms with E-state index in [9.17, 15) is 9.59 Å². The molecule has 1 unspecified atom stereocenters. The van der Waals surface area contributed by atoms with Gasteiger partial charge in [-0.25, -0.2) is 9.59 Å². The number of carbonyl (C=O) groups is 2. The van der Waals surface area contributed by atoms with E-state index in [0.29, 0.717) is 66.3 Å². The van der Waals surface area contributed by atoms with Crippen molar-refractivity contribution in [2.45, 2.75) is 89.6 Å². The first-order chi connectivity index (χ1) is 22.3. The highest BCUT2D eigenvalue weighted by Crippen LogP contribution is 2.43. The molecule has 256 valence electrons. The molecule has 3 atom stereocenters. The molecule has 3 aromatic rings. The standard InChI is InChI=1S/C34H48N4O8Si/c1-34(2,3)46-33(40)38-23-15-22(16-24(38)19-44-18-23)30-29(32(39)42-5)26-17-27(25-11-9-10-12-28(25)45-21-41-4)35-36-31(26)37(30)20-43-13-14-47(6,7)8/h9-12,17,22-24H,13-16,18-21H2,1-8H3/t22?,23-,24+. The van der Waals surface area contributed by atoms with Gasteiger partial charge in [-0.15, -0.1) is 10.2 Å². The Kier molecular flexibility index (Phi) is 10.6. The molecule has 4 heterocycles. The molecule has 0 aliphatic carbocycles. The Morgan fingerprint density at radius 1 is 1.04 bits per heavy atom. The fourth-order valence-electron chi connectivity index (χ4n) is 6.37. The Labute approximate surface area is 277 Å². The summed E-state index contributed by atoms with van der Waals surface area (Å²) in [4.78, 5) is 28.9. The van der Waals surface area contributed by atoms with E-state index in [2.05, 4.69) is 24.7 Å². The highest BCUT2D eigenvalue weighted by Gasteiger charge is 2.46. The van der Waals surface area contributed by atoms with E-state index in [1.54, 1.807) is 7.11 Å². The average molecular weight is 669 g/mol. The average Bonchev–Trinajstić information content (AvgIpc) is 3.33. The number of carbonyl (C=O) groups excluding carboxylic acids is 2. The molecule has 0 N–H and O–H groups in total. The van der Waals surface area contributed by atoms with Crippen LogP contribution in [0.25, 0.3) is 22.3 Å². The number of aromatic nitrogens is 3. The lowest BCUT2D eigenvalue weighted by Gasteiger charge is -2.48. The number of ether oxygens (including phenoxy) is 6. The molecule has 5 rings (SSSR count). The number of morpholine rings is 1. The van der Waals surface area contributed by atoms with Gasteiger partial charge in [0.25, 0.3) is 0 Å². The minimum atomic E-state index is -1.35. The largest absolute Gasteiger partial charge is 0.467 e. The fraction of sp³-hybridized carbons (Fsp3) is 0.588. The molecule has 2 saturated heterocycles. The van der Waals surface area contributed by atoms with Gasteiger partial charge in [0.15, 0.2) is 12.4 Å². The maximum Gasteiger partial charge on any atom is 0.410 e. The van der Waals surface area contributed by atoms with Gasteiger partial charge < -0.3 is 33.0 Å². The number of amides is 1. The summed E-state index contributed by atoms with van der Waals surface area (Å²) in [5, 5.41) is 9.91. The third kappa shape index (κ3) is 7.96. The third-order valence-corrected chi connectivity index (χ3v) is 10.2. The SMILES string of the molecule is COCOc1ccccc1-c1cc2c(C(=O)OC)c(C3C[C@H]4COC[C@@H](C3)N4C(=O)OC(C)(C)C)n(COCC[Si](C)(C)C)c2nn1. The van der Waals surface area contributed by atoms with Crippen LogP contribution in [0.15, 0.2) is 30.3 Å². The van der Waals surface area contributed by atoms with Crippen molar-refractivity contribution in [1.82, 2.24) is 19.7 Å². The van der Waals surface area contributed by atoms with Crippen LogP contribution in [0.4, 0.5) is 4.79 Å². The van der Waals surface area contributed by atoms with E-state index >= 15 is 0 Å². The number of esters is 1. The molecular formula is C34H48N4O8Si. The quantitative estimate of drug-likeness (QED) is 0.103. The van der Waals surface area contributed by atoms with Crippen molar-refractivity contribution < 1.29 is 38.0 Å². The summed E-state index contributed by atoms with van der Waals surface area (Å²) in [6.45, 7) is 14.2. The molecule has 47 heavy (non-hydrogen) atoms. The van der Waals surface area contributed by atoms with Gasteiger partial charge in [0.1, 0.15) is 18.1 Å². The van der Waals surface area contributed by atoms with E-state index < -0.39 is 19.6 Å². The lowest BCUT2D eigenvalue weighted by Crippen LogP contribution is -2.59. The minimum absolute atomic E-state index is 0.0728. The van der Waals surface area contributed by atoms with Crippen LogP contribution >= 0.6 is 0 Å².